The summed E-state index contributed by atoms with van der Waals surface area (Å²) >= 11 is 0. The first kappa shape index (κ1) is 24.9. The fourth-order valence-corrected chi connectivity index (χ4v) is 4.63. The highest BCUT2D eigenvalue weighted by atomic mass is 19.4. The molecule has 1 heterocycles. The van der Waals surface area contributed by atoms with Crippen molar-refractivity contribution in [2.45, 2.75) is 31.0 Å². The SMILES string of the molecule is COC(=O)c1cccc(-c2cc(COCC3(c4ccccc4)CCNCC3)cc(C(F)(F)F)c2)c1. The molecule has 0 bridgehead atoms. The molecular weight excluding hydrogens is 455 g/mol. The van der Waals surface area contributed by atoms with Crippen LogP contribution in [0.5, 0.6) is 0 Å². The highest BCUT2D eigenvalue weighted by molar-refractivity contribution is 5.91. The van der Waals surface area contributed by atoms with E-state index in [2.05, 4.69) is 17.4 Å². The third-order valence-electron chi connectivity index (χ3n) is 6.53. The molecule has 0 radical (unpaired) electrons. The molecule has 3 aromatic rings. The lowest BCUT2D eigenvalue weighted by Crippen LogP contribution is -2.43. The van der Waals surface area contributed by atoms with Gasteiger partial charge in [0.1, 0.15) is 0 Å². The number of hydrogen-bond donors (Lipinski definition) is 1. The molecule has 1 fully saturated rings. The average molecular weight is 484 g/mol. The second-order valence-electron chi connectivity index (χ2n) is 8.88. The molecule has 1 saturated heterocycles. The maximum absolute atomic E-state index is 13.7. The van der Waals surface area contributed by atoms with Gasteiger partial charge < -0.3 is 14.8 Å². The Morgan fingerprint density at radius 1 is 0.943 bits per heavy atom. The van der Waals surface area contributed by atoms with Crippen LogP contribution in [-0.4, -0.2) is 32.8 Å². The normalized spacial score (nSPS) is 15.5. The second-order valence-corrected chi connectivity index (χ2v) is 8.88. The molecule has 0 aromatic heterocycles. The molecule has 4 rings (SSSR count). The van der Waals surface area contributed by atoms with E-state index in [0.717, 1.165) is 38.1 Å². The second kappa shape index (κ2) is 10.6. The molecule has 1 N–H and O–H groups in total. The monoisotopic (exact) mass is 483 g/mol. The maximum atomic E-state index is 13.7. The number of carbonyl (C=O) groups excluding carboxylic acids is 1. The molecule has 1 aliphatic rings. The molecule has 184 valence electrons. The highest BCUT2D eigenvalue weighted by Crippen LogP contribution is 2.36. The molecule has 0 aliphatic carbocycles. The predicted molar refractivity (Wildman–Crippen MR) is 128 cm³/mol. The van der Waals surface area contributed by atoms with Gasteiger partial charge in [-0.25, -0.2) is 4.79 Å². The largest absolute Gasteiger partial charge is 0.465 e. The quantitative estimate of drug-likeness (QED) is 0.419. The summed E-state index contributed by atoms with van der Waals surface area (Å²) in [5.41, 5.74) is 1.82. The fraction of sp³-hybridized carbons (Fsp3) is 0.321. The predicted octanol–water partition coefficient (Wildman–Crippen LogP) is 6.00. The zero-order valence-electron chi connectivity index (χ0n) is 19.5. The molecular formula is C28H28F3NO3. The lowest BCUT2D eigenvalue weighted by atomic mass is 9.74. The molecule has 0 amide bonds. The highest BCUT2D eigenvalue weighted by Gasteiger charge is 2.34. The van der Waals surface area contributed by atoms with Crippen molar-refractivity contribution in [2.75, 3.05) is 26.8 Å². The summed E-state index contributed by atoms with van der Waals surface area (Å²) in [5, 5.41) is 3.37. The Morgan fingerprint density at radius 3 is 2.37 bits per heavy atom. The number of methoxy groups -OCH3 is 1. The van der Waals surface area contributed by atoms with E-state index >= 15 is 0 Å². The van der Waals surface area contributed by atoms with E-state index in [0.29, 0.717) is 23.3 Å². The summed E-state index contributed by atoms with van der Waals surface area (Å²) in [7, 11) is 1.26. The van der Waals surface area contributed by atoms with Crippen LogP contribution in [-0.2, 0) is 27.7 Å². The van der Waals surface area contributed by atoms with Gasteiger partial charge in [-0.05, 0) is 78.5 Å². The van der Waals surface area contributed by atoms with Crippen LogP contribution in [0.15, 0.2) is 72.8 Å². The minimum absolute atomic E-state index is 0.0512. The van der Waals surface area contributed by atoms with Crippen molar-refractivity contribution in [1.82, 2.24) is 5.32 Å². The van der Waals surface area contributed by atoms with Gasteiger partial charge in [0, 0.05) is 5.41 Å². The number of rotatable bonds is 7. The molecule has 0 saturated carbocycles. The van der Waals surface area contributed by atoms with Crippen molar-refractivity contribution < 1.29 is 27.4 Å². The van der Waals surface area contributed by atoms with Crippen molar-refractivity contribution in [3.8, 4) is 11.1 Å². The number of carbonyl (C=O) groups is 1. The molecule has 4 nitrogen and oxygen atoms in total. The van der Waals surface area contributed by atoms with Gasteiger partial charge in [-0.15, -0.1) is 0 Å². The summed E-state index contributed by atoms with van der Waals surface area (Å²) in [5.74, 6) is -0.546. The van der Waals surface area contributed by atoms with Gasteiger partial charge in [0.25, 0.3) is 0 Å². The van der Waals surface area contributed by atoms with Gasteiger partial charge >= 0.3 is 12.1 Å². The first-order valence-corrected chi connectivity index (χ1v) is 11.5. The fourth-order valence-electron chi connectivity index (χ4n) is 4.63. The van der Waals surface area contributed by atoms with Crippen LogP contribution in [0.25, 0.3) is 11.1 Å². The first-order valence-electron chi connectivity index (χ1n) is 11.5. The van der Waals surface area contributed by atoms with Crippen LogP contribution in [0.4, 0.5) is 13.2 Å². The zero-order valence-corrected chi connectivity index (χ0v) is 19.5. The number of benzene rings is 3. The van der Waals surface area contributed by atoms with Gasteiger partial charge in [0.2, 0.25) is 0 Å². The van der Waals surface area contributed by atoms with Crippen LogP contribution in [0, 0.1) is 0 Å². The van der Waals surface area contributed by atoms with E-state index in [1.165, 1.54) is 18.7 Å². The molecule has 7 heteroatoms. The Balaban J connectivity index is 1.59. The van der Waals surface area contributed by atoms with E-state index < -0.39 is 17.7 Å². The number of alkyl halides is 3. The summed E-state index contributed by atoms with van der Waals surface area (Å²) in [6, 6.07) is 20.5. The number of nitrogens with one attached hydrogen (secondary N) is 1. The number of piperidine rings is 1. The summed E-state index contributed by atoms with van der Waals surface area (Å²) in [6.45, 7) is 2.20. The van der Waals surface area contributed by atoms with Crippen LogP contribution in [0.3, 0.4) is 0 Å². The van der Waals surface area contributed by atoms with Crippen LogP contribution < -0.4 is 5.32 Å². The van der Waals surface area contributed by atoms with Crippen LogP contribution in [0.1, 0.15) is 39.9 Å². The van der Waals surface area contributed by atoms with E-state index in [4.69, 9.17) is 9.47 Å². The first-order chi connectivity index (χ1) is 16.8. The van der Waals surface area contributed by atoms with Gasteiger partial charge in [0.05, 0.1) is 31.5 Å². The maximum Gasteiger partial charge on any atom is 0.416 e. The third-order valence-corrected chi connectivity index (χ3v) is 6.53. The molecule has 35 heavy (non-hydrogen) atoms. The lowest BCUT2D eigenvalue weighted by molar-refractivity contribution is -0.137. The molecule has 0 spiro atoms. The Labute approximate surface area is 203 Å². The minimum Gasteiger partial charge on any atom is -0.465 e. The van der Waals surface area contributed by atoms with Crippen LogP contribution in [0.2, 0.25) is 0 Å². The zero-order chi connectivity index (χ0) is 24.9. The van der Waals surface area contributed by atoms with Crippen molar-refractivity contribution >= 4 is 5.97 Å². The van der Waals surface area contributed by atoms with Gasteiger partial charge in [-0.2, -0.15) is 13.2 Å². The number of esters is 1. The summed E-state index contributed by atoms with van der Waals surface area (Å²) < 4.78 is 51.9. The third kappa shape index (κ3) is 5.92. The van der Waals surface area contributed by atoms with Crippen molar-refractivity contribution in [2.24, 2.45) is 0 Å². The number of halogens is 3. The number of ether oxygens (including phenoxy) is 2. The molecule has 0 atom stereocenters. The van der Waals surface area contributed by atoms with E-state index in [1.807, 2.05) is 18.2 Å². The van der Waals surface area contributed by atoms with Crippen LogP contribution >= 0.6 is 0 Å². The van der Waals surface area contributed by atoms with Gasteiger partial charge in [-0.3, -0.25) is 0 Å². The van der Waals surface area contributed by atoms with E-state index in [-0.39, 0.29) is 17.6 Å². The Hall–Kier alpha value is -3.16. The standard InChI is InChI=1S/C28H28F3NO3/c1-34-26(33)22-7-5-6-21(16-22)23-14-20(15-25(17-23)28(29,30)31)18-35-19-27(10-12-32-13-11-27)24-8-3-2-4-9-24/h2-9,14-17,32H,10-13,18-19H2,1H3. The lowest BCUT2D eigenvalue weighted by Gasteiger charge is -2.38. The van der Waals surface area contributed by atoms with Crippen molar-refractivity contribution in [1.29, 1.82) is 0 Å². The topological polar surface area (TPSA) is 47.6 Å². The Morgan fingerprint density at radius 2 is 1.69 bits per heavy atom. The summed E-state index contributed by atoms with van der Waals surface area (Å²) in [6.07, 6.45) is -2.72. The van der Waals surface area contributed by atoms with Crippen molar-refractivity contribution in [3.63, 3.8) is 0 Å². The molecule has 3 aromatic carbocycles. The average Bonchev–Trinajstić information content (AvgIpc) is 2.88. The molecule has 0 unspecified atom stereocenters. The van der Waals surface area contributed by atoms with E-state index in [9.17, 15) is 18.0 Å². The minimum atomic E-state index is -4.51. The van der Waals surface area contributed by atoms with Crippen molar-refractivity contribution in [3.05, 3.63) is 95.1 Å². The Kier molecular flexibility index (Phi) is 7.57. The van der Waals surface area contributed by atoms with Gasteiger partial charge in [0.15, 0.2) is 0 Å². The van der Waals surface area contributed by atoms with E-state index in [1.54, 1.807) is 24.3 Å². The molecule has 1 aliphatic heterocycles. The summed E-state index contributed by atoms with van der Waals surface area (Å²) in [4.78, 5) is 11.9. The van der Waals surface area contributed by atoms with Gasteiger partial charge in [-0.1, -0.05) is 42.5 Å². The Bertz CT molecular complexity index is 1160. The number of hydrogen-bond acceptors (Lipinski definition) is 4. The smallest absolute Gasteiger partial charge is 0.416 e.